The molecule has 0 saturated heterocycles. The Bertz CT molecular complexity index is 398. The maximum absolute atomic E-state index is 13.0. The fourth-order valence-electron chi connectivity index (χ4n) is 1.04. The Balaban J connectivity index is 2.95. The van der Waals surface area contributed by atoms with E-state index in [9.17, 15) is 22.4 Å². The Morgan fingerprint density at radius 1 is 1.38 bits per heavy atom. The van der Waals surface area contributed by atoms with Crippen LogP contribution in [0.3, 0.4) is 0 Å². The van der Waals surface area contributed by atoms with E-state index in [-0.39, 0.29) is 5.56 Å². The number of esters is 1. The number of halogens is 4. The van der Waals surface area contributed by atoms with Gasteiger partial charge in [-0.25, -0.2) is 4.39 Å². The zero-order valence-electron chi connectivity index (χ0n) is 8.27. The van der Waals surface area contributed by atoms with Crippen molar-refractivity contribution in [1.29, 1.82) is 0 Å². The molecule has 0 spiro atoms. The van der Waals surface area contributed by atoms with Crippen molar-refractivity contribution in [2.24, 2.45) is 0 Å². The van der Waals surface area contributed by atoms with Crippen molar-refractivity contribution in [3.63, 3.8) is 0 Å². The molecule has 1 aromatic rings. The van der Waals surface area contributed by atoms with Gasteiger partial charge < -0.3 is 4.74 Å². The van der Waals surface area contributed by atoms with Gasteiger partial charge in [-0.2, -0.15) is 13.2 Å². The molecule has 88 valence electrons. The van der Waals surface area contributed by atoms with Gasteiger partial charge in [0.1, 0.15) is 12.4 Å². The highest BCUT2D eigenvalue weighted by molar-refractivity contribution is 5.65. The molecule has 0 aromatic heterocycles. The number of carbonyl (C=O) groups excluding carboxylic acids is 1. The molecule has 0 heterocycles. The highest BCUT2D eigenvalue weighted by Crippen LogP contribution is 2.30. The fourth-order valence-corrected chi connectivity index (χ4v) is 1.04. The van der Waals surface area contributed by atoms with E-state index in [0.29, 0.717) is 18.2 Å². The lowest BCUT2D eigenvalue weighted by atomic mass is 10.1. The minimum atomic E-state index is -4.54. The molecule has 0 fully saturated rings. The summed E-state index contributed by atoms with van der Waals surface area (Å²) >= 11 is 0. The van der Waals surface area contributed by atoms with Crippen molar-refractivity contribution >= 4 is 5.97 Å². The maximum Gasteiger partial charge on any atom is 0.416 e. The smallest absolute Gasteiger partial charge is 0.416 e. The van der Waals surface area contributed by atoms with Crippen molar-refractivity contribution in [3.8, 4) is 0 Å². The summed E-state index contributed by atoms with van der Waals surface area (Å²) in [6, 6.07) is 1.95. The third-order valence-electron chi connectivity index (χ3n) is 1.80. The molecule has 2 nitrogen and oxygen atoms in total. The standard InChI is InChI=1S/C10H8F4O2/c1-6(15)16-5-7-4-8(10(12,13)14)2-3-9(7)11/h2-4H,5H2,1H3. The normalized spacial score (nSPS) is 11.3. The van der Waals surface area contributed by atoms with E-state index in [1.54, 1.807) is 0 Å². The summed E-state index contributed by atoms with van der Waals surface area (Å²) in [6.45, 7) is 0.580. The Morgan fingerprint density at radius 2 is 2.00 bits per heavy atom. The molecule has 1 rings (SSSR count). The molecule has 0 saturated carbocycles. The van der Waals surface area contributed by atoms with Crippen LogP contribution in [0.4, 0.5) is 17.6 Å². The van der Waals surface area contributed by atoms with E-state index in [1.165, 1.54) is 0 Å². The van der Waals surface area contributed by atoms with Crippen molar-refractivity contribution in [2.75, 3.05) is 0 Å². The predicted molar refractivity (Wildman–Crippen MR) is 46.9 cm³/mol. The van der Waals surface area contributed by atoms with Gasteiger partial charge in [-0.1, -0.05) is 0 Å². The minimum absolute atomic E-state index is 0.301. The van der Waals surface area contributed by atoms with E-state index in [0.717, 1.165) is 6.92 Å². The van der Waals surface area contributed by atoms with Crippen LogP contribution in [-0.2, 0) is 22.3 Å². The molecule has 0 radical (unpaired) electrons. The average Bonchev–Trinajstić information content (AvgIpc) is 2.14. The fraction of sp³-hybridized carbons (Fsp3) is 0.300. The minimum Gasteiger partial charge on any atom is -0.461 e. The van der Waals surface area contributed by atoms with Gasteiger partial charge in [0.25, 0.3) is 0 Å². The molecule has 0 aliphatic carbocycles. The second kappa shape index (κ2) is 4.51. The summed E-state index contributed by atoms with van der Waals surface area (Å²) in [5.41, 5.74) is -1.28. The summed E-state index contributed by atoms with van der Waals surface area (Å²) in [5, 5.41) is 0. The number of hydrogen-bond acceptors (Lipinski definition) is 2. The summed E-state index contributed by atoms with van der Waals surface area (Å²) < 4.78 is 54.3. The highest BCUT2D eigenvalue weighted by atomic mass is 19.4. The zero-order valence-corrected chi connectivity index (χ0v) is 8.27. The highest BCUT2D eigenvalue weighted by Gasteiger charge is 2.31. The van der Waals surface area contributed by atoms with Crippen LogP contribution in [0.5, 0.6) is 0 Å². The molecular formula is C10H8F4O2. The van der Waals surface area contributed by atoms with Crippen LogP contribution in [0.2, 0.25) is 0 Å². The van der Waals surface area contributed by atoms with E-state index in [2.05, 4.69) is 4.74 Å². The number of carbonyl (C=O) groups is 1. The van der Waals surface area contributed by atoms with E-state index < -0.39 is 30.1 Å². The van der Waals surface area contributed by atoms with Gasteiger partial charge in [-0.15, -0.1) is 0 Å². The van der Waals surface area contributed by atoms with Crippen LogP contribution in [0.25, 0.3) is 0 Å². The quantitative estimate of drug-likeness (QED) is 0.583. The number of rotatable bonds is 2. The SMILES string of the molecule is CC(=O)OCc1cc(C(F)(F)F)ccc1F. The molecule has 6 heteroatoms. The van der Waals surface area contributed by atoms with Crippen molar-refractivity contribution in [3.05, 3.63) is 35.1 Å². The Kier molecular flexibility index (Phi) is 3.51. The number of ether oxygens (including phenoxy) is 1. The predicted octanol–water partition coefficient (Wildman–Crippen LogP) is 2.91. The molecule has 0 bridgehead atoms. The van der Waals surface area contributed by atoms with E-state index in [4.69, 9.17) is 0 Å². The summed E-state index contributed by atoms with van der Waals surface area (Å²) in [5.74, 6) is -1.52. The third kappa shape index (κ3) is 3.22. The second-order valence-electron chi connectivity index (χ2n) is 3.08. The molecular weight excluding hydrogens is 228 g/mol. The summed E-state index contributed by atoms with van der Waals surface area (Å²) in [7, 11) is 0. The number of hydrogen-bond donors (Lipinski definition) is 0. The monoisotopic (exact) mass is 236 g/mol. The third-order valence-corrected chi connectivity index (χ3v) is 1.80. The Labute approximate surface area is 88.8 Å². The molecule has 16 heavy (non-hydrogen) atoms. The van der Waals surface area contributed by atoms with Gasteiger partial charge in [0.05, 0.1) is 5.56 Å². The summed E-state index contributed by atoms with van der Waals surface area (Å²) in [6.07, 6.45) is -4.54. The molecule has 0 amide bonds. The lowest BCUT2D eigenvalue weighted by Gasteiger charge is -2.09. The Hall–Kier alpha value is -1.59. The van der Waals surface area contributed by atoms with E-state index in [1.807, 2.05) is 0 Å². The van der Waals surface area contributed by atoms with Crippen LogP contribution < -0.4 is 0 Å². The molecule has 0 unspecified atom stereocenters. The van der Waals surface area contributed by atoms with Crippen LogP contribution in [0, 0.1) is 5.82 Å². The van der Waals surface area contributed by atoms with Crippen LogP contribution >= 0.6 is 0 Å². The summed E-state index contributed by atoms with van der Waals surface area (Å²) in [4.78, 5) is 10.4. The van der Waals surface area contributed by atoms with Gasteiger partial charge in [-0.3, -0.25) is 4.79 Å². The molecule has 1 aromatic carbocycles. The zero-order chi connectivity index (χ0) is 12.3. The molecule has 0 atom stereocenters. The van der Waals surface area contributed by atoms with Crippen LogP contribution in [0.15, 0.2) is 18.2 Å². The first-order chi connectivity index (χ1) is 7.30. The van der Waals surface area contributed by atoms with Crippen LogP contribution in [-0.4, -0.2) is 5.97 Å². The van der Waals surface area contributed by atoms with Crippen molar-refractivity contribution in [1.82, 2.24) is 0 Å². The van der Waals surface area contributed by atoms with Crippen LogP contribution in [0.1, 0.15) is 18.1 Å². The van der Waals surface area contributed by atoms with Gasteiger partial charge >= 0.3 is 12.1 Å². The lowest BCUT2D eigenvalue weighted by Crippen LogP contribution is -2.08. The topological polar surface area (TPSA) is 26.3 Å². The maximum atomic E-state index is 13.0. The van der Waals surface area contributed by atoms with Gasteiger partial charge in [0.15, 0.2) is 0 Å². The van der Waals surface area contributed by atoms with Gasteiger partial charge in [0, 0.05) is 12.5 Å². The van der Waals surface area contributed by atoms with Gasteiger partial charge in [0.2, 0.25) is 0 Å². The first-order valence-corrected chi connectivity index (χ1v) is 4.29. The first-order valence-electron chi connectivity index (χ1n) is 4.29. The second-order valence-corrected chi connectivity index (χ2v) is 3.08. The first kappa shape index (κ1) is 12.5. The molecule has 0 aliphatic rings. The average molecular weight is 236 g/mol. The lowest BCUT2D eigenvalue weighted by molar-refractivity contribution is -0.142. The number of benzene rings is 1. The Morgan fingerprint density at radius 3 is 2.50 bits per heavy atom. The van der Waals surface area contributed by atoms with Crippen molar-refractivity contribution < 1.29 is 27.1 Å². The van der Waals surface area contributed by atoms with Gasteiger partial charge in [-0.05, 0) is 18.2 Å². The molecule has 0 N–H and O–H groups in total. The van der Waals surface area contributed by atoms with E-state index >= 15 is 0 Å². The number of alkyl halides is 3. The molecule has 0 aliphatic heterocycles. The van der Waals surface area contributed by atoms with Crippen molar-refractivity contribution in [2.45, 2.75) is 19.7 Å². The largest absolute Gasteiger partial charge is 0.461 e.